The first kappa shape index (κ1) is 6.40. The zero-order valence-electron chi connectivity index (χ0n) is 5.36. The Labute approximate surface area is 61.8 Å². The van der Waals surface area contributed by atoms with Crippen LogP contribution in [0.5, 0.6) is 0 Å². The number of aromatic nitrogens is 1. The second-order valence-corrected chi connectivity index (χ2v) is 7.63. The third-order valence-corrected chi connectivity index (χ3v) is 6.63. The summed E-state index contributed by atoms with van der Waals surface area (Å²) in [6.07, 6.45) is 0. The van der Waals surface area contributed by atoms with E-state index in [0.717, 1.165) is 20.5 Å². The highest BCUT2D eigenvalue weighted by molar-refractivity contribution is 7.27. The minimum absolute atomic E-state index is 1.15. The lowest BCUT2D eigenvalue weighted by Crippen LogP contribution is -2.22. The molecule has 8 heavy (non-hydrogen) atoms. The molecular formula is C3H9NSSi3. The molecule has 0 atom stereocenters. The van der Waals surface area contributed by atoms with E-state index in [-0.39, 0.29) is 0 Å². The minimum Gasteiger partial charge on any atom is -0.259 e. The predicted molar refractivity (Wildman–Crippen MR) is 50.8 cm³/mol. The van der Waals surface area contributed by atoms with E-state index < -0.39 is 0 Å². The van der Waals surface area contributed by atoms with E-state index in [0.29, 0.717) is 0 Å². The van der Waals surface area contributed by atoms with E-state index in [2.05, 4.69) is 4.98 Å². The van der Waals surface area contributed by atoms with Crippen molar-refractivity contribution >= 4 is 56.5 Å². The van der Waals surface area contributed by atoms with Crippen LogP contribution in [-0.4, -0.2) is 35.7 Å². The molecule has 5 heteroatoms. The van der Waals surface area contributed by atoms with Gasteiger partial charge in [-0.05, 0) is 4.50 Å². The topological polar surface area (TPSA) is 12.9 Å². The van der Waals surface area contributed by atoms with Gasteiger partial charge in [0.2, 0.25) is 0 Å². The molecule has 0 spiro atoms. The minimum atomic E-state index is 1.15. The van der Waals surface area contributed by atoms with Crippen LogP contribution in [0.15, 0.2) is 0 Å². The summed E-state index contributed by atoms with van der Waals surface area (Å²) in [6.45, 7) is 0. The Hall–Kier alpha value is 0.281. The molecule has 0 aliphatic rings. The van der Waals surface area contributed by atoms with Crippen LogP contribution in [0.3, 0.4) is 0 Å². The Balaban J connectivity index is 3.14. The maximum Gasteiger partial charge on any atom is 0.0754 e. The van der Waals surface area contributed by atoms with Crippen molar-refractivity contribution in [3.63, 3.8) is 0 Å². The number of rotatable bonds is 0. The molecule has 0 saturated carbocycles. The fourth-order valence-electron chi connectivity index (χ4n) is 0.633. The van der Waals surface area contributed by atoms with E-state index in [1.807, 2.05) is 11.3 Å². The first-order valence-corrected chi connectivity index (χ1v) is 6.42. The molecule has 1 heterocycles. The summed E-state index contributed by atoms with van der Waals surface area (Å²) in [5.74, 6) is 0. The molecule has 0 fully saturated rings. The van der Waals surface area contributed by atoms with Crippen LogP contribution in [-0.2, 0) is 0 Å². The van der Waals surface area contributed by atoms with Gasteiger partial charge in [0, 0.05) is 5.32 Å². The summed E-state index contributed by atoms with van der Waals surface area (Å²) in [6, 6.07) is 0. The van der Waals surface area contributed by atoms with Gasteiger partial charge in [-0.15, -0.1) is 11.3 Å². The highest BCUT2D eigenvalue weighted by Gasteiger charge is 1.94. The molecule has 0 bridgehead atoms. The normalized spacial score (nSPS) is 11.0. The highest BCUT2D eigenvalue weighted by atomic mass is 32.1. The van der Waals surface area contributed by atoms with Crippen molar-refractivity contribution in [2.45, 2.75) is 0 Å². The van der Waals surface area contributed by atoms with E-state index in [9.17, 15) is 0 Å². The lowest BCUT2D eigenvalue weighted by atomic mass is 11.0. The largest absolute Gasteiger partial charge is 0.259 e. The number of hydrogen-bond acceptors (Lipinski definition) is 2. The standard InChI is InChI=1S/C3H9NSSi3/c6-1-2(7)5-3(8)4-1/h6-8H3. The van der Waals surface area contributed by atoms with Gasteiger partial charge in [0.1, 0.15) is 0 Å². The molecule has 0 unspecified atom stereocenters. The van der Waals surface area contributed by atoms with Gasteiger partial charge in [0.05, 0.1) is 35.4 Å². The van der Waals surface area contributed by atoms with Gasteiger partial charge < -0.3 is 0 Å². The zero-order valence-corrected chi connectivity index (χ0v) is 12.2. The van der Waals surface area contributed by atoms with E-state index in [4.69, 9.17) is 0 Å². The van der Waals surface area contributed by atoms with Gasteiger partial charge in [-0.1, -0.05) is 0 Å². The van der Waals surface area contributed by atoms with Gasteiger partial charge in [-0.2, -0.15) is 0 Å². The first-order chi connectivity index (χ1) is 3.70. The fourth-order valence-corrected chi connectivity index (χ4v) is 6.18. The third-order valence-electron chi connectivity index (χ3n) is 1.14. The monoisotopic (exact) mass is 175 g/mol. The molecule has 0 N–H and O–H groups in total. The van der Waals surface area contributed by atoms with Crippen LogP contribution < -0.4 is 14.4 Å². The van der Waals surface area contributed by atoms with E-state index >= 15 is 0 Å². The van der Waals surface area contributed by atoms with Crippen LogP contribution in [0.25, 0.3) is 0 Å². The Bertz CT molecular complexity index is 177. The van der Waals surface area contributed by atoms with Crippen LogP contribution in [0.2, 0.25) is 0 Å². The van der Waals surface area contributed by atoms with Crippen molar-refractivity contribution in [2.24, 2.45) is 0 Å². The second-order valence-electron chi connectivity index (χ2n) is 1.87. The maximum atomic E-state index is 4.39. The van der Waals surface area contributed by atoms with Crippen molar-refractivity contribution in [1.29, 1.82) is 0 Å². The van der Waals surface area contributed by atoms with Crippen LogP contribution in [0, 0.1) is 0 Å². The lowest BCUT2D eigenvalue weighted by molar-refractivity contribution is 1.56. The van der Waals surface area contributed by atoms with Gasteiger partial charge in [-0.3, -0.25) is 4.98 Å². The van der Waals surface area contributed by atoms with Crippen molar-refractivity contribution in [1.82, 2.24) is 4.98 Å². The molecule has 0 radical (unpaired) electrons. The van der Waals surface area contributed by atoms with Crippen LogP contribution >= 0.6 is 11.3 Å². The molecule has 0 amide bonds. The summed E-state index contributed by atoms with van der Waals surface area (Å²) >= 11 is 1.92. The zero-order chi connectivity index (χ0) is 6.15. The van der Waals surface area contributed by atoms with Crippen molar-refractivity contribution < 1.29 is 0 Å². The number of thiazole rings is 1. The third kappa shape index (κ3) is 1.16. The van der Waals surface area contributed by atoms with Gasteiger partial charge in [-0.25, -0.2) is 0 Å². The van der Waals surface area contributed by atoms with Gasteiger partial charge in [0.15, 0.2) is 0 Å². The molecular weight excluding hydrogens is 166 g/mol. The van der Waals surface area contributed by atoms with Crippen molar-refractivity contribution in [2.75, 3.05) is 0 Å². The molecule has 0 aliphatic carbocycles. The fraction of sp³-hybridized carbons (Fsp3) is 0. The Morgan fingerprint density at radius 3 is 2.00 bits per heavy atom. The second kappa shape index (κ2) is 2.26. The Morgan fingerprint density at radius 2 is 1.88 bits per heavy atom. The number of hydrogen-bond donors (Lipinski definition) is 0. The van der Waals surface area contributed by atoms with Crippen molar-refractivity contribution in [3.8, 4) is 0 Å². The molecule has 0 aliphatic heterocycles. The van der Waals surface area contributed by atoms with E-state index in [1.54, 1.807) is 4.50 Å². The molecule has 1 aromatic rings. The summed E-state index contributed by atoms with van der Waals surface area (Å²) < 4.78 is 2.95. The highest BCUT2D eigenvalue weighted by Crippen LogP contribution is 1.74. The molecule has 0 saturated heterocycles. The number of nitrogens with zero attached hydrogens (tertiary/aromatic N) is 1. The quantitative estimate of drug-likeness (QED) is 0.360. The summed E-state index contributed by atoms with van der Waals surface area (Å²) in [5, 5.41) is 1.41. The average molecular weight is 175 g/mol. The molecule has 0 aromatic carbocycles. The van der Waals surface area contributed by atoms with Gasteiger partial charge in [0.25, 0.3) is 0 Å². The van der Waals surface area contributed by atoms with Crippen LogP contribution in [0.4, 0.5) is 0 Å². The van der Waals surface area contributed by atoms with Crippen LogP contribution in [0.1, 0.15) is 0 Å². The van der Waals surface area contributed by atoms with E-state index in [1.165, 1.54) is 20.2 Å². The summed E-state index contributed by atoms with van der Waals surface area (Å²) in [7, 11) is 3.51. The summed E-state index contributed by atoms with van der Waals surface area (Å²) in [4.78, 5) is 4.39. The molecule has 44 valence electrons. The predicted octanol–water partition coefficient (Wildman–Crippen LogP) is -4.88. The molecule has 1 nitrogen and oxygen atoms in total. The lowest BCUT2D eigenvalue weighted by Gasteiger charge is -1.78. The first-order valence-electron chi connectivity index (χ1n) is 2.61. The Kier molecular flexibility index (Phi) is 1.81. The van der Waals surface area contributed by atoms with Gasteiger partial charge >= 0.3 is 0 Å². The molecule has 1 aromatic heterocycles. The van der Waals surface area contributed by atoms with Crippen molar-refractivity contribution in [3.05, 3.63) is 0 Å². The maximum absolute atomic E-state index is 4.39. The summed E-state index contributed by atoms with van der Waals surface area (Å²) in [5.41, 5.74) is 0. The Morgan fingerprint density at radius 1 is 1.25 bits per heavy atom. The smallest absolute Gasteiger partial charge is 0.0754 e. The average Bonchev–Trinajstić information content (AvgIpc) is 1.85. The molecule has 1 rings (SSSR count). The SMILES string of the molecule is [SiH3]c1nc([SiH3])c([SiH3])s1.